The highest BCUT2D eigenvalue weighted by molar-refractivity contribution is 7.89. The Morgan fingerprint density at radius 1 is 1.17 bits per heavy atom. The standard InChI is InChI=1S/C18H29NO3S/c1-15-16(13-23(3,20)21)9-8-10-17(15)19-14-18(22-2)11-6-4-5-7-12-18/h8-10,19H,4-7,11-14H2,1-3H3. The monoisotopic (exact) mass is 339 g/mol. The molecule has 23 heavy (non-hydrogen) atoms. The summed E-state index contributed by atoms with van der Waals surface area (Å²) >= 11 is 0. The van der Waals surface area contributed by atoms with Gasteiger partial charge in [0.05, 0.1) is 11.4 Å². The number of anilines is 1. The summed E-state index contributed by atoms with van der Waals surface area (Å²) in [5.41, 5.74) is 2.78. The lowest BCUT2D eigenvalue weighted by atomic mass is 9.93. The Bertz CT molecular complexity index is 617. The van der Waals surface area contributed by atoms with Crippen LogP contribution in [-0.2, 0) is 20.3 Å². The lowest BCUT2D eigenvalue weighted by Crippen LogP contribution is -2.38. The number of rotatable bonds is 6. The maximum absolute atomic E-state index is 11.6. The van der Waals surface area contributed by atoms with E-state index >= 15 is 0 Å². The van der Waals surface area contributed by atoms with Crippen molar-refractivity contribution >= 4 is 15.5 Å². The molecule has 1 N–H and O–H groups in total. The minimum Gasteiger partial charge on any atom is -0.382 e. The predicted octanol–water partition coefficient (Wildman–Crippen LogP) is 3.69. The molecule has 0 amide bonds. The molecule has 0 bridgehead atoms. The lowest BCUT2D eigenvalue weighted by Gasteiger charge is -2.32. The Labute approximate surface area is 140 Å². The van der Waals surface area contributed by atoms with Gasteiger partial charge in [-0.05, 0) is 37.0 Å². The van der Waals surface area contributed by atoms with Gasteiger partial charge in [-0.25, -0.2) is 8.42 Å². The van der Waals surface area contributed by atoms with Crippen molar-refractivity contribution in [2.24, 2.45) is 0 Å². The van der Waals surface area contributed by atoms with Crippen LogP contribution < -0.4 is 5.32 Å². The summed E-state index contributed by atoms with van der Waals surface area (Å²) in [5, 5.41) is 3.51. The van der Waals surface area contributed by atoms with Crippen LogP contribution in [-0.4, -0.2) is 33.9 Å². The van der Waals surface area contributed by atoms with Gasteiger partial charge < -0.3 is 10.1 Å². The Kier molecular flexibility index (Phi) is 6.09. The first-order chi connectivity index (χ1) is 10.9. The summed E-state index contributed by atoms with van der Waals surface area (Å²) in [6, 6.07) is 5.82. The third-order valence-corrected chi connectivity index (χ3v) is 5.75. The van der Waals surface area contributed by atoms with Gasteiger partial charge in [0.25, 0.3) is 0 Å². The van der Waals surface area contributed by atoms with Crippen LogP contribution in [0.2, 0.25) is 0 Å². The largest absolute Gasteiger partial charge is 0.382 e. The van der Waals surface area contributed by atoms with Crippen LogP contribution in [0.3, 0.4) is 0 Å². The molecule has 0 heterocycles. The van der Waals surface area contributed by atoms with Crippen molar-refractivity contribution < 1.29 is 13.2 Å². The van der Waals surface area contributed by atoms with Crippen LogP contribution in [0.5, 0.6) is 0 Å². The van der Waals surface area contributed by atoms with E-state index in [1.165, 1.54) is 31.9 Å². The fourth-order valence-electron chi connectivity index (χ4n) is 3.40. The normalized spacial score (nSPS) is 18.4. The second kappa shape index (κ2) is 7.67. The average Bonchev–Trinajstić information content (AvgIpc) is 2.73. The number of benzene rings is 1. The van der Waals surface area contributed by atoms with Crippen molar-refractivity contribution in [1.82, 2.24) is 0 Å². The van der Waals surface area contributed by atoms with Crippen molar-refractivity contribution in [3.63, 3.8) is 0 Å². The van der Waals surface area contributed by atoms with Gasteiger partial charge in [0, 0.05) is 25.6 Å². The fourth-order valence-corrected chi connectivity index (χ4v) is 4.27. The van der Waals surface area contributed by atoms with Crippen molar-refractivity contribution in [2.75, 3.05) is 25.2 Å². The minimum atomic E-state index is -3.03. The van der Waals surface area contributed by atoms with Gasteiger partial charge in [-0.3, -0.25) is 0 Å². The van der Waals surface area contributed by atoms with Crippen LogP contribution in [0.4, 0.5) is 5.69 Å². The zero-order valence-corrected chi connectivity index (χ0v) is 15.3. The minimum absolute atomic E-state index is 0.0871. The van der Waals surface area contributed by atoms with Crippen LogP contribution in [0.1, 0.15) is 49.7 Å². The second-order valence-electron chi connectivity index (χ2n) is 6.81. The molecule has 4 nitrogen and oxygen atoms in total. The smallest absolute Gasteiger partial charge is 0.151 e. The summed E-state index contributed by atoms with van der Waals surface area (Å²) in [5.74, 6) is 0.0871. The first-order valence-corrected chi connectivity index (χ1v) is 10.5. The molecule has 0 saturated heterocycles. The van der Waals surface area contributed by atoms with Gasteiger partial charge in [0.15, 0.2) is 9.84 Å². The number of nitrogens with one attached hydrogen (secondary N) is 1. The quantitative estimate of drug-likeness (QED) is 0.803. The molecule has 1 saturated carbocycles. The Balaban J connectivity index is 2.12. The summed E-state index contributed by atoms with van der Waals surface area (Å²) in [6.45, 7) is 2.75. The van der Waals surface area contributed by atoms with E-state index in [0.717, 1.165) is 36.2 Å². The molecule has 0 atom stereocenters. The summed E-state index contributed by atoms with van der Waals surface area (Å²) in [6.07, 6.45) is 8.43. The molecule has 2 rings (SSSR count). The summed E-state index contributed by atoms with van der Waals surface area (Å²) in [4.78, 5) is 0. The topological polar surface area (TPSA) is 55.4 Å². The van der Waals surface area contributed by atoms with Crippen LogP contribution >= 0.6 is 0 Å². The molecule has 1 fully saturated rings. The molecule has 0 unspecified atom stereocenters. The number of sulfone groups is 1. The third-order valence-electron chi connectivity index (χ3n) is 4.91. The molecule has 1 aromatic rings. The van der Waals surface area contributed by atoms with Gasteiger partial charge in [0.2, 0.25) is 0 Å². The highest BCUT2D eigenvalue weighted by Gasteiger charge is 2.30. The maximum atomic E-state index is 11.6. The number of hydrogen-bond acceptors (Lipinski definition) is 4. The molecule has 1 aliphatic carbocycles. The van der Waals surface area contributed by atoms with Gasteiger partial charge in [-0.2, -0.15) is 0 Å². The Morgan fingerprint density at radius 3 is 2.39 bits per heavy atom. The van der Waals surface area contributed by atoms with E-state index in [1.807, 2.05) is 25.1 Å². The van der Waals surface area contributed by atoms with E-state index in [4.69, 9.17) is 4.74 Å². The van der Waals surface area contributed by atoms with E-state index < -0.39 is 9.84 Å². The third kappa shape index (κ3) is 5.21. The van der Waals surface area contributed by atoms with Crippen LogP contribution in [0.25, 0.3) is 0 Å². The zero-order chi connectivity index (χ0) is 16.9. The van der Waals surface area contributed by atoms with E-state index in [-0.39, 0.29) is 11.4 Å². The summed E-state index contributed by atoms with van der Waals surface area (Å²) < 4.78 is 29.0. The zero-order valence-electron chi connectivity index (χ0n) is 14.5. The summed E-state index contributed by atoms with van der Waals surface area (Å²) in [7, 11) is -1.22. The number of ether oxygens (including phenoxy) is 1. The first kappa shape index (κ1) is 18.3. The first-order valence-electron chi connectivity index (χ1n) is 8.40. The molecule has 0 radical (unpaired) electrons. The van der Waals surface area contributed by atoms with E-state index in [9.17, 15) is 8.42 Å². The highest BCUT2D eigenvalue weighted by atomic mass is 32.2. The van der Waals surface area contributed by atoms with E-state index in [1.54, 1.807) is 7.11 Å². The SMILES string of the molecule is COC1(CNc2cccc(CS(C)(=O)=O)c2C)CCCCCC1. The fraction of sp³-hybridized carbons (Fsp3) is 0.667. The second-order valence-corrected chi connectivity index (χ2v) is 8.95. The Hall–Kier alpha value is -1.07. The van der Waals surface area contributed by atoms with Crippen molar-refractivity contribution in [3.05, 3.63) is 29.3 Å². The van der Waals surface area contributed by atoms with Crippen molar-refractivity contribution in [3.8, 4) is 0 Å². The lowest BCUT2D eigenvalue weighted by molar-refractivity contribution is -0.0113. The number of hydrogen-bond donors (Lipinski definition) is 1. The maximum Gasteiger partial charge on any atom is 0.151 e. The van der Waals surface area contributed by atoms with Crippen LogP contribution in [0.15, 0.2) is 18.2 Å². The van der Waals surface area contributed by atoms with E-state index in [0.29, 0.717) is 0 Å². The molecular weight excluding hydrogens is 310 g/mol. The molecule has 5 heteroatoms. The average molecular weight is 340 g/mol. The van der Waals surface area contributed by atoms with E-state index in [2.05, 4.69) is 5.32 Å². The molecule has 130 valence electrons. The molecule has 1 aliphatic rings. The predicted molar refractivity (Wildman–Crippen MR) is 95.7 cm³/mol. The molecular formula is C18H29NO3S. The van der Waals surface area contributed by atoms with Crippen molar-refractivity contribution in [1.29, 1.82) is 0 Å². The number of methoxy groups -OCH3 is 1. The van der Waals surface area contributed by atoms with Crippen LogP contribution in [0, 0.1) is 6.92 Å². The molecule has 0 aromatic heterocycles. The molecule has 1 aromatic carbocycles. The van der Waals surface area contributed by atoms with Crippen molar-refractivity contribution in [2.45, 2.75) is 56.8 Å². The molecule has 0 aliphatic heterocycles. The van der Waals surface area contributed by atoms with Gasteiger partial charge in [-0.1, -0.05) is 37.8 Å². The highest BCUT2D eigenvalue weighted by Crippen LogP contribution is 2.31. The Morgan fingerprint density at radius 2 is 1.83 bits per heavy atom. The van der Waals surface area contributed by atoms with Gasteiger partial charge in [0.1, 0.15) is 0 Å². The molecule has 0 spiro atoms. The van der Waals surface area contributed by atoms with Gasteiger partial charge in [-0.15, -0.1) is 0 Å². The van der Waals surface area contributed by atoms with Gasteiger partial charge >= 0.3 is 0 Å².